The van der Waals surface area contributed by atoms with Crippen LogP contribution in [0.25, 0.3) is 0 Å². The number of hydrogen-bond acceptors (Lipinski definition) is 7. The number of nitrogens with zero attached hydrogens (tertiary/aromatic N) is 4. The lowest BCUT2D eigenvalue weighted by Crippen LogP contribution is -2.36. The third kappa shape index (κ3) is 4.68. The molecule has 2 aliphatic rings. The van der Waals surface area contributed by atoms with Crippen LogP contribution in [0.5, 0.6) is 0 Å². The van der Waals surface area contributed by atoms with Crippen molar-refractivity contribution in [1.82, 2.24) is 9.97 Å². The number of carbonyl (C=O) groups is 1. The maximum Gasteiger partial charge on any atom is 0.323 e. The van der Waals surface area contributed by atoms with Gasteiger partial charge in [0.05, 0.1) is 50.2 Å². The Morgan fingerprint density at radius 2 is 1.18 bits per heavy atom. The summed E-state index contributed by atoms with van der Waals surface area (Å²) in [4.78, 5) is 25.4. The summed E-state index contributed by atoms with van der Waals surface area (Å²) >= 11 is 0. The van der Waals surface area contributed by atoms with Crippen LogP contribution < -0.4 is 20.4 Å². The van der Waals surface area contributed by atoms with E-state index in [1.54, 1.807) is 12.4 Å². The summed E-state index contributed by atoms with van der Waals surface area (Å²) in [7, 11) is 0. The molecule has 0 aliphatic carbocycles. The van der Waals surface area contributed by atoms with Crippen molar-refractivity contribution in [2.75, 3.05) is 73.0 Å². The van der Waals surface area contributed by atoms with E-state index in [-0.39, 0.29) is 6.03 Å². The molecule has 2 aromatic rings. The number of aromatic nitrogens is 2. The molecule has 0 aromatic carbocycles. The number of urea groups is 1. The maximum absolute atomic E-state index is 12.2. The first-order valence-corrected chi connectivity index (χ1v) is 9.43. The largest absolute Gasteiger partial charge is 0.378 e. The van der Waals surface area contributed by atoms with E-state index in [1.807, 2.05) is 24.3 Å². The molecular weight excluding hydrogens is 360 g/mol. The average molecular weight is 384 g/mol. The normalized spacial score (nSPS) is 17.3. The summed E-state index contributed by atoms with van der Waals surface area (Å²) in [6.45, 7) is 6.15. The van der Waals surface area contributed by atoms with E-state index in [0.29, 0.717) is 37.8 Å². The van der Waals surface area contributed by atoms with Gasteiger partial charge in [-0.15, -0.1) is 0 Å². The minimum atomic E-state index is -0.332. The SMILES string of the molecule is O=C(Nc1ccc(N2CCOCC2)nc1)Nc1ccc(N2CCOCC2)nc1. The second-order valence-corrected chi connectivity index (χ2v) is 6.59. The van der Waals surface area contributed by atoms with Gasteiger partial charge in [0.1, 0.15) is 11.6 Å². The molecule has 2 saturated heterocycles. The van der Waals surface area contributed by atoms with Gasteiger partial charge in [-0.1, -0.05) is 0 Å². The maximum atomic E-state index is 12.2. The number of rotatable bonds is 4. The summed E-state index contributed by atoms with van der Waals surface area (Å²) in [5.41, 5.74) is 1.26. The molecule has 0 unspecified atom stereocenters. The standard InChI is InChI=1S/C19H24N6O3/c26-19(22-15-1-3-17(20-13-15)24-5-9-27-10-6-24)23-16-2-4-18(21-14-16)25-7-11-28-12-8-25/h1-4,13-14H,5-12H2,(H2,22,23,26). The number of morpholine rings is 2. The summed E-state index contributed by atoms with van der Waals surface area (Å²) in [5.74, 6) is 1.77. The Hall–Kier alpha value is -2.91. The molecular formula is C19H24N6O3. The topological polar surface area (TPSA) is 91.9 Å². The van der Waals surface area contributed by atoms with E-state index < -0.39 is 0 Å². The van der Waals surface area contributed by atoms with Gasteiger partial charge >= 0.3 is 6.03 Å². The van der Waals surface area contributed by atoms with Gasteiger partial charge in [-0.3, -0.25) is 0 Å². The third-order valence-electron chi connectivity index (χ3n) is 4.68. The van der Waals surface area contributed by atoms with Crippen LogP contribution in [0.15, 0.2) is 36.7 Å². The summed E-state index contributed by atoms with van der Waals surface area (Å²) in [6.07, 6.45) is 3.31. The van der Waals surface area contributed by atoms with E-state index in [0.717, 1.165) is 37.8 Å². The molecule has 148 valence electrons. The van der Waals surface area contributed by atoms with Gasteiger partial charge in [0, 0.05) is 26.2 Å². The van der Waals surface area contributed by atoms with Crippen LogP contribution in [0, 0.1) is 0 Å². The molecule has 9 heteroatoms. The van der Waals surface area contributed by atoms with Gasteiger partial charge in [-0.2, -0.15) is 0 Å². The van der Waals surface area contributed by atoms with E-state index in [1.165, 1.54) is 0 Å². The quantitative estimate of drug-likeness (QED) is 0.830. The number of hydrogen-bond donors (Lipinski definition) is 2. The molecule has 9 nitrogen and oxygen atoms in total. The Morgan fingerprint density at radius 3 is 1.54 bits per heavy atom. The first-order valence-electron chi connectivity index (χ1n) is 9.43. The van der Waals surface area contributed by atoms with Crippen molar-refractivity contribution in [1.29, 1.82) is 0 Å². The summed E-state index contributed by atoms with van der Waals surface area (Å²) in [5, 5.41) is 5.58. The van der Waals surface area contributed by atoms with Gasteiger partial charge in [-0.05, 0) is 24.3 Å². The predicted octanol–water partition coefficient (Wildman–Crippen LogP) is 1.79. The van der Waals surface area contributed by atoms with Crippen molar-refractivity contribution < 1.29 is 14.3 Å². The highest BCUT2D eigenvalue weighted by Crippen LogP contribution is 2.17. The molecule has 28 heavy (non-hydrogen) atoms. The lowest BCUT2D eigenvalue weighted by atomic mass is 10.3. The fraction of sp³-hybridized carbons (Fsp3) is 0.421. The number of pyridine rings is 2. The molecule has 2 aliphatic heterocycles. The molecule has 4 heterocycles. The van der Waals surface area contributed by atoms with E-state index in [2.05, 4.69) is 30.4 Å². The third-order valence-corrected chi connectivity index (χ3v) is 4.68. The molecule has 0 bridgehead atoms. The van der Waals surface area contributed by atoms with Gasteiger partial charge in [0.15, 0.2) is 0 Å². The molecule has 2 aromatic heterocycles. The number of anilines is 4. The van der Waals surface area contributed by atoms with Crippen molar-refractivity contribution in [2.45, 2.75) is 0 Å². The summed E-state index contributed by atoms with van der Waals surface area (Å²) < 4.78 is 10.7. The van der Waals surface area contributed by atoms with Crippen LogP contribution >= 0.6 is 0 Å². The van der Waals surface area contributed by atoms with Gasteiger partial charge in [0.25, 0.3) is 0 Å². The smallest absolute Gasteiger partial charge is 0.323 e. The highest BCUT2D eigenvalue weighted by atomic mass is 16.5. The Labute approximate surface area is 163 Å². The van der Waals surface area contributed by atoms with Crippen LogP contribution in [0.3, 0.4) is 0 Å². The molecule has 0 atom stereocenters. The van der Waals surface area contributed by atoms with Crippen molar-refractivity contribution in [3.8, 4) is 0 Å². The minimum Gasteiger partial charge on any atom is -0.378 e. The van der Waals surface area contributed by atoms with Crippen LogP contribution in [-0.2, 0) is 9.47 Å². The molecule has 2 N–H and O–H groups in total. The summed E-state index contributed by atoms with van der Waals surface area (Å²) in [6, 6.07) is 7.16. The first-order chi connectivity index (χ1) is 13.8. The molecule has 2 fully saturated rings. The Bertz CT molecular complexity index is 706. The number of carbonyl (C=O) groups excluding carboxylic acids is 1. The lowest BCUT2D eigenvalue weighted by Gasteiger charge is -2.27. The fourth-order valence-corrected chi connectivity index (χ4v) is 3.17. The van der Waals surface area contributed by atoms with Crippen molar-refractivity contribution in [2.24, 2.45) is 0 Å². The van der Waals surface area contributed by atoms with Crippen LogP contribution in [0.4, 0.5) is 27.8 Å². The van der Waals surface area contributed by atoms with Gasteiger partial charge in [0.2, 0.25) is 0 Å². The zero-order valence-electron chi connectivity index (χ0n) is 15.6. The van der Waals surface area contributed by atoms with Gasteiger partial charge in [-0.25, -0.2) is 14.8 Å². The molecule has 4 rings (SSSR count). The number of nitrogens with one attached hydrogen (secondary N) is 2. The second kappa shape index (κ2) is 8.85. The average Bonchev–Trinajstić information content (AvgIpc) is 2.76. The van der Waals surface area contributed by atoms with E-state index in [4.69, 9.17) is 9.47 Å². The lowest BCUT2D eigenvalue weighted by molar-refractivity contribution is 0.122. The second-order valence-electron chi connectivity index (χ2n) is 6.59. The van der Waals surface area contributed by atoms with Crippen LogP contribution in [0.1, 0.15) is 0 Å². The minimum absolute atomic E-state index is 0.332. The van der Waals surface area contributed by atoms with Gasteiger partial charge < -0.3 is 29.9 Å². The van der Waals surface area contributed by atoms with Crippen molar-refractivity contribution >= 4 is 29.0 Å². The van der Waals surface area contributed by atoms with Crippen molar-refractivity contribution in [3.05, 3.63) is 36.7 Å². The Morgan fingerprint density at radius 1 is 0.750 bits per heavy atom. The first kappa shape index (κ1) is 18.5. The molecule has 0 saturated carbocycles. The van der Waals surface area contributed by atoms with Crippen LogP contribution in [-0.4, -0.2) is 68.6 Å². The molecule has 2 amide bonds. The van der Waals surface area contributed by atoms with E-state index in [9.17, 15) is 4.79 Å². The highest BCUT2D eigenvalue weighted by molar-refractivity contribution is 5.99. The zero-order valence-corrected chi connectivity index (χ0v) is 15.6. The predicted molar refractivity (Wildman–Crippen MR) is 107 cm³/mol. The van der Waals surface area contributed by atoms with E-state index >= 15 is 0 Å². The Balaban J connectivity index is 1.30. The fourth-order valence-electron chi connectivity index (χ4n) is 3.17. The number of ether oxygens (including phenoxy) is 2. The number of amides is 2. The zero-order chi connectivity index (χ0) is 19.2. The Kier molecular flexibility index (Phi) is 5.83. The van der Waals surface area contributed by atoms with Crippen molar-refractivity contribution in [3.63, 3.8) is 0 Å². The highest BCUT2D eigenvalue weighted by Gasteiger charge is 2.14. The molecule has 0 radical (unpaired) electrons. The van der Waals surface area contributed by atoms with Crippen LogP contribution in [0.2, 0.25) is 0 Å². The monoisotopic (exact) mass is 384 g/mol. The molecule has 0 spiro atoms.